The van der Waals surface area contributed by atoms with Crippen LogP contribution in [-0.4, -0.2) is 4.98 Å². The van der Waals surface area contributed by atoms with E-state index in [-0.39, 0.29) is 3.92 Å². The standard InChI is InChI=1S/C5BrF3N2S/c6-4-11-3(5(7,8)9)2(1-10)12-4. The normalized spacial score (nSPS) is 11.2. The highest BCUT2D eigenvalue weighted by molar-refractivity contribution is 9.11. The van der Waals surface area contributed by atoms with Gasteiger partial charge in [-0.1, -0.05) is 11.3 Å². The Balaban J connectivity index is 3.25. The topological polar surface area (TPSA) is 36.7 Å². The van der Waals surface area contributed by atoms with E-state index in [1.807, 2.05) is 0 Å². The molecule has 0 aliphatic rings. The maximum absolute atomic E-state index is 12.0. The molecule has 0 saturated carbocycles. The Morgan fingerprint density at radius 2 is 2.08 bits per heavy atom. The minimum Gasteiger partial charge on any atom is -0.223 e. The minimum atomic E-state index is -4.55. The number of halogens is 4. The lowest BCUT2D eigenvalue weighted by Gasteiger charge is -2.00. The SMILES string of the molecule is N#Cc1sc(Br)nc1C(F)(F)F. The molecule has 0 spiro atoms. The molecule has 0 bridgehead atoms. The molecule has 0 fully saturated rings. The van der Waals surface area contributed by atoms with Gasteiger partial charge in [-0.15, -0.1) is 0 Å². The van der Waals surface area contributed by atoms with Gasteiger partial charge in [0.1, 0.15) is 10.9 Å². The van der Waals surface area contributed by atoms with Crippen LogP contribution in [0, 0.1) is 11.3 Å². The number of nitrogens with zero attached hydrogens (tertiary/aromatic N) is 2. The number of nitriles is 1. The summed E-state index contributed by atoms with van der Waals surface area (Å²) in [7, 11) is 0. The Hall–Kier alpha value is -0.610. The van der Waals surface area contributed by atoms with Gasteiger partial charge in [0.25, 0.3) is 0 Å². The Morgan fingerprint density at radius 3 is 2.42 bits per heavy atom. The van der Waals surface area contributed by atoms with Crippen molar-refractivity contribution in [3.8, 4) is 6.07 Å². The van der Waals surface area contributed by atoms with Crippen LogP contribution in [0.3, 0.4) is 0 Å². The first-order valence-electron chi connectivity index (χ1n) is 2.58. The Labute approximate surface area is 77.8 Å². The van der Waals surface area contributed by atoms with Crippen LogP contribution in [0.15, 0.2) is 3.92 Å². The fourth-order valence-corrected chi connectivity index (χ4v) is 1.83. The summed E-state index contributed by atoms with van der Waals surface area (Å²) in [6.45, 7) is 0. The molecule has 1 heterocycles. The van der Waals surface area contributed by atoms with E-state index in [1.54, 1.807) is 0 Å². The van der Waals surface area contributed by atoms with E-state index in [4.69, 9.17) is 5.26 Å². The second-order valence-electron chi connectivity index (χ2n) is 1.75. The fraction of sp³-hybridized carbons (Fsp3) is 0.200. The average molecular weight is 257 g/mol. The largest absolute Gasteiger partial charge is 0.435 e. The van der Waals surface area contributed by atoms with Crippen molar-refractivity contribution in [1.29, 1.82) is 5.26 Å². The van der Waals surface area contributed by atoms with Crippen LogP contribution in [0.25, 0.3) is 0 Å². The van der Waals surface area contributed by atoms with Crippen molar-refractivity contribution >= 4 is 27.3 Å². The lowest BCUT2D eigenvalue weighted by molar-refractivity contribution is -0.141. The smallest absolute Gasteiger partial charge is 0.223 e. The number of alkyl halides is 3. The summed E-state index contributed by atoms with van der Waals surface area (Å²) in [6.07, 6.45) is -4.55. The molecule has 0 saturated heterocycles. The number of hydrogen-bond acceptors (Lipinski definition) is 3. The summed E-state index contributed by atoms with van der Waals surface area (Å²) in [5.74, 6) is 0. The van der Waals surface area contributed by atoms with Crippen LogP contribution in [0.1, 0.15) is 10.6 Å². The number of rotatable bonds is 0. The second kappa shape index (κ2) is 3.03. The van der Waals surface area contributed by atoms with E-state index in [1.165, 1.54) is 6.07 Å². The van der Waals surface area contributed by atoms with Gasteiger partial charge >= 0.3 is 6.18 Å². The van der Waals surface area contributed by atoms with Crippen molar-refractivity contribution < 1.29 is 13.2 Å². The van der Waals surface area contributed by atoms with Crippen LogP contribution in [-0.2, 0) is 6.18 Å². The van der Waals surface area contributed by atoms with Gasteiger partial charge in [0.05, 0.1) is 0 Å². The summed E-state index contributed by atoms with van der Waals surface area (Å²) in [5, 5.41) is 8.29. The van der Waals surface area contributed by atoms with Crippen LogP contribution < -0.4 is 0 Å². The first-order valence-corrected chi connectivity index (χ1v) is 4.19. The third-order valence-corrected chi connectivity index (χ3v) is 2.38. The van der Waals surface area contributed by atoms with Gasteiger partial charge in [0, 0.05) is 0 Å². The Bertz CT molecular complexity index is 337. The zero-order valence-electron chi connectivity index (χ0n) is 5.31. The molecule has 0 atom stereocenters. The molecule has 1 aromatic rings. The predicted molar refractivity (Wildman–Crippen MR) is 39.5 cm³/mol. The molecule has 1 rings (SSSR count). The third-order valence-electron chi connectivity index (χ3n) is 0.971. The molecule has 0 aliphatic heterocycles. The average Bonchev–Trinajstić information content (AvgIpc) is 2.29. The maximum Gasteiger partial charge on any atom is 0.435 e. The van der Waals surface area contributed by atoms with Crippen LogP contribution in [0.4, 0.5) is 13.2 Å². The molecule has 0 aliphatic carbocycles. The maximum atomic E-state index is 12.0. The molecule has 0 amide bonds. The second-order valence-corrected chi connectivity index (χ2v) is 4.03. The lowest BCUT2D eigenvalue weighted by Crippen LogP contribution is -2.07. The summed E-state index contributed by atoms with van der Waals surface area (Å²) in [4.78, 5) is 2.72. The summed E-state index contributed by atoms with van der Waals surface area (Å²) in [6, 6.07) is 1.43. The first kappa shape index (κ1) is 9.48. The van der Waals surface area contributed by atoms with Crippen molar-refractivity contribution in [3.63, 3.8) is 0 Å². The lowest BCUT2D eigenvalue weighted by atomic mass is 10.4. The Kier molecular flexibility index (Phi) is 2.39. The molecule has 7 heteroatoms. The van der Waals surface area contributed by atoms with Gasteiger partial charge < -0.3 is 0 Å². The van der Waals surface area contributed by atoms with E-state index in [0.29, 0.717) is 11.3 Å². The van der Waals surface area contributed by atoms with Crippen molar-refractivity contribution in [2.45, 2.75) is 6.18 Å². The number of aromatic nitrogens is 1. The molecular weight excluding hydrogens is 257 g/mol. The van der Waals surface area contributed by atoms with Crippen molar-refractivity contribution in [3.05, 3.63) is 14.5 Å². The molecule has 0 radical (unpaired) electrons. The molecule has 1 aromatic heterocycles. The van der Waals surface area contributed by atoms with Gasteiger partial charge in [-0.05, 0) is 15.9 Å². The van der Waals surface area contributed by atoms with E-state index in [2.05, 4.69) is 20.9 Å². The van der Waals surface area contributed by atoms with Gasteiger partial charge in [0.2, 0.25) is 0 Å². The van der Waals surface area contributed by atoms with Crippen molar-refractivity contribution in [1.82, 2.24) is 4.98 Å². The monoisotopic (exact) mass is 256 g/mol. The highest BCUT2D eigenvalue weighted by atomic mass is 79.9. The third kappa shape index (κ3) is 1.76. The Morgan fingerprint density at radius 1 is 1.50 bits per heavy atom. The molecule has 12 heavy (non-hydrogen) atoms. The summed E-state index contributed by atoms with van der Waals surface area (Å²) >= 11 is 3.44. The minimum absolute atomic E-state index is 0.0615. The highest BCUT2D eigenvalue weighted by Gasteiger charge is 2.37. The zero-order valence-corrected chi connectivity index (χ0v) is 7.72. The number of thiazole rings is 1. The van der Waals surface area contributed by atoms with Gasteiger partial charge in [-0.25, -0.2) is 4.98 Å². The first-order chi connectivity index (χ1) is 5.45. The van der Waals surface area contributed by atoms with Crippen molar-refractivity contribution in [2.24, 2.45) is 0 Å². The van der Waals surface area contributed by atoms with Gasteiger partial charge in [-0.2, -0.15) is 18.4 Å². The van der Waals surface area contributed by atoms with E-state index < -0.39 is 16.7 Å². The molecule has 2 nitrogen and oxygen atoms in total. The van der Waals surface area contributed by atoms with Gasteiger partial charge in [0.15, 0.2) is 9.61 Å². The molecule has 0 N–H and O–H groups in total. The van der Waals surface area contributed by atoms with E-state index in [0.717, 1.165) is 0 Å². The van der Waals surface area contributed by atoms with Crippen LogP contribution in [0.5, 0.6) is 0 Å². The molecule has 0 unspecified atom stereocenters. The summed E-state index contributed by atoms with van der Waals surface area (Å²) < 4.78 is 36.1. The van der Waals surface area contributed by atoms with Crippen LogP contribution >= 0.6 is 27.3 Å². The van der Waals surface area contributed by atoms with Gasteiger partial charge in [-0.3, -0.25) is 0 Å². The van der Waals surface area contributed by atoms with E-state index in [9.17, 15) is 13.2 Å². The fourth-order valence-electron chi connectivity index (χ4n) is 0.562. The van der Waals surface area contributed by atoms with E-state index >= 15 is 0 Å². The quantitative estimate of drug-likeness (QED) is 0.716. The molecule has 64 valence electrons. The summed E-state index contributed by atoms with van der Waals surface area (Å²) in [5.41, 5.74) is -1.12. The zero-order chi connectivity index (χ0) is 9.35. The predicted octanol–water partition coefficient (Wildman–Crippen LogP) is 2.80. The molecular formula is C5BrF3N2S. The number of hydrogen-bond donors (Lipinski definition) is 0. The van der Waals surface area contributed by atoms with Crippen LogP contribution in [0.2, 0.25) is 0 Å². The molecule has 0 aromatic carbocycles. The highest BCUT2D eigenvalue weighted by Crippen LogP contribution is 2.35. The van der Waals surface area contributed by atoms with Crippen molar-refractivity contribution in [2.75, 3.05) is 0 Å².